The van der Waals surface area contributed by atoms with E-state index in [0.717, 1.165) is 26.1 Å². The third-order valence-electron chi connectivity index (χ3n) is 6.54. The minimum absolute atomic E-state index is 0.0244. The van der Waals surface area contributed by atoms with Crippen molar-refractivity contribution < 1.29 is 23.2 Å². The van der Waals surface area contributed by atoms with Gasteiger partial charge < -0.3 is 4.90 Å². The standard InChI is InChI=1S/C26H29F2N3O3/c27-22-8-6-20(7-9-22)24(32)14-19-10-13-29(15-19)11-3-12-31-25(33)17-30(18-26(31)34)16-21-4-1-2-5-23(21)28/h1-2,4-9,19H,3,10-18H2. The highest BCUT2D eigenvalue weighted by Gasteiger charge is 2.31. The van der Waals surface area contributed by atoms with Crippen LogP contribution in [-0.4, -0.2) is 71.6 Å². The lowest BCUT2D eigenvalue weighted by Crippen LogP contribution is -2.54. The Morgan fingerprint density at radius 3 is 2.32 bits per heavy atom. The third kappa shape index (κ3) is 6.12. The highest BCUT2D eigenvalue weighted by atomic mass is 19.1. The van der Waals surface area contributed by atoms with Crippen LogP contribution < -0.4 is 0 Å². The average Bonchev–Trinajstić information content (AvgIpc) is 3.24. The Balaban J connectivity index is 1.18. The number of rotatable bonds is 9. The summed E-state index contributed by atoms with van der Waals surface area (Å²) in [4.78, 5) is 42.7. The molecule has 6 nitrogen and oxygen atoms in total. The van der Waals surface area contributed by atoms with Gasteiger partial charge in [-0.1, -0.05) is 18.2 Å². The van der Waals surface area contributed by atoms with Gasteiger partial charge in [-0.05, 0) is 62.2 Å². The number of benzene rings is 2. The molecule has 0 saturated carbocycles. The molecule has 2 aromatic rings. The summed E-state index contributed by atoms with van der Waals surface area (Å²) in [6.45, 7) is 3.20. The van der Waals surface area contributed by atoms with Gasteiger partial charge in [0.1, 0.15) is 11.6 Å². The maximum Gasteiger partial charge on any atom is 0.243 e. The monoisotopic (exact) mass is 469 g/mol. The first-order valence-electron chi connectivity index (χ1n) is 11.7. The molecule has 2 saturated heterocycles. The minimum Gasteiger partial charge on any atom is -0.303 e. The Hall–Kier alpha value is -2.97. The van der Waals surface area contributed by atoms with Gasteiger partial charge in [-0.3, -0.25) is 24.2 Å². The second-order valence-electron chi connectivity index (χ2n) is 9.12. The van der Waals surface area contributed by atoms with Crippen molar-refractivity contribution in [3.63, 3.8) is 0 Å². The van der Waals surface area contributed by atoms with Gasteiger partial charge in [0.25, 0.3) is 0 Å². The number of hydrogen-bond acceptors (Lipinski definition) is 5. The van der Waals surface area contributed by atoms with Crippen LogP contribution in [0.15, 0.2) is 48.5 Å². The fourth-order valence-corrected chi connectivity index (χ4v) is 4.73. The first-order valence-corrected chi connectivity index (χ1v) is 11.7. The van der Waals surface area contributed by atoms with Gasteiger partial charge in [-0.2, -0.15) is 0 Å². The molecule has 8 heteroatoms. The number of halogens is 2. The molecule has 4 rings (SSSR count). The van der Waals surface area contributed by atoms with Crippen LogP contribution >= 0.6 is 0 Å². The molecule has 34 heavy (non-hydrogen) atoms. The summed E-state index contributed by atoms with van der Waals surface area (Å²) in [6, 6.07) is 12.0. The van der Waals surface area contributed by atoms with E-state index >= 15 is 0 Å². The molecule has 0 spiro atoms. The summed E-state index contributed by atoms with van der Waals surface area (Å²) < 4.78 is 26.9. The molecule has 0 radical (unpaired) electrons. The number of piperazine rings is 1. The van der Waals surface area contributed by atoms with Gasteiger partial charge in [0.2, 0.25) is 11.8 Å². The van der Waals surface area contributed by atoms with Crippen molar-refractivity contribution in [1.29, 1.82) is 0 Å². The van der Waals surface area contributed by atoms with E-state index in [9.17, 15) is 23.2 Å². The zero-order valence-corrected chi connectivity index (χ0v) is 19.1. The molecule has 180 valence electrons. The SMILES string of the molecule is O=C(CC1CCN(CCCN2C(=O)CN(Cc3ccccc3F)CC2=O)C1)c1ccc(F)cc1. The summed E-state index contributed by atoms with van der Waals surface area (Å²) in [7, 11) is 0. The molecule has 2 aromatic carbocycles. The van der Waals surface area contributed by atoms with E-state index in [4.69, 9.17) is 0 Å². The van der Waals surface area contributed by atoms with E-state index in [2.05, 4.69) is 4.90 Å². The van der Waals surface area contributed by atoms with Crippen LogP contribution in [0.2, 0.25) is 0 Å². The maximum absolute atomic E-state index is 13.9. The van der Waals surface area contributed by atoms with E-state index in [1.807, 2.05) is 0 Å². The van der Waals surface area contributed by atoms with Gasteiger partial charge in [-0.15, -0.1) is 0 Å². The van der Waals surface area contributed by atoms with Crippen LogP contribution in [0.3, 0.4) is 0 Å². The van der Waals surface area contributed by atoms with Gasteiger partial charge >= 0.3 is 0 Å². The van der Waals surface area contributed by atoms with E-state index < -0.39 is 0 Å². The average molecular weight is 470 g/mol. The largest absolute Gasteiger partial charge is 0.303 e. The second-order valence-corrected chi connectivity index (χ2v) is 9.12. The topological polar surface area (TPSA) is 60.9 Å². The lowest BCUT2D eigenvalue weighted by molar-refractivity contribution is -0.151. The zero-order valence-electron chi connectivity index (χ0n) is 19.1. The van der Waals surface area contributed by atoms with Crippen LogP contribution in [0.5, 0.6) is 0 Å². The number of Topliss-reactive ketones (excluding diaryl/α,β-unsaturated/α-hetero) is 1. The Kier molecular flexibility index (Phi) is 7.80. The van der Waals surface area contributed by atoms with Crippen LogP contribution in [0.4, 0.5) is 8.78 Å². The van der Waals surface area contributed by atoms with E-state index in [-0.39, 0.29) is 54.8 Å². The Bertz CT molecular complexity index is 1030. The fraction of sp³-hybridized carbons (Fsp3) is 0.423. The summed E-state index contributed by atoms with van der Waals surface area (Å²) in [5.41, 5.74) is 1.00. The number of amides is 2. The fourth-order valence-electron chi connectivity index (χ4n) is 4.73. The Labute approximate surface area is 198 Å². The highest BCUT2D eigenvalue weighted by molar-refractivity contribution is 5.99. The van der Waals surface area contributed by atoms with Crippen molar-refractivity contribution in [2.45, 2.75) is 25.8 Å². The smallest absolute Gasteiger partial charge is 0.243 e. The molecule has 2 aliphatic heterocycles. The normalized spacial score (nSPS) is 19.7. The molecule has 2 heterocycles. The number of ketones is 1. The molecule has 0 aliphatic carbocycles. The van der Waals surface area contributed by atoms with E-state index in [1.165, 1.54) is 35.2 Å². The Morgan fingerprint density at radius 1 is 0.912 bits per heavy atom. The molecule has 0 aromatic heterocycles. The maximum atomic E-state index is 13.9. The predicted octanol–water partition coefficient (Wildman–Crippen LogP) is 3.12. The van der Waals surface area contributed by atoms with Crippen LogP contribution in [-0.2, 0) is 16.1 Å². The van der Waals surface area contributed by atoms with Gasteiger partial charge in [0, 0.05) is 37.2 Å². The molecule has 0 bridgehead atoms. The Morgan fingerprint density at radius 2 is 1.62 bits per heavy atom. The number of carbonyl (C=O) groups is 3. The summed E-state index contributed by atoms with van der Waals surface area (Å²) in [5, 5.41) is 0. The molecule has 2 aliphatic rings. The van der Waals surface area contributed by atoms with Crippen molar-refractivity contribution in [3.8, 4) is 0 Å². The molecule has 0 N–H and O–H groups in total. The molecule has 1 atom stereocenters. The third-order valence-corrected chi connectivity index (χ3v) is 6.54. The molecule has 1 unspecified atom stereocenters. The lowest BCUT2D eigenvalue weighted by Gasteiger charge is -2.33. The molecule has 2 fully saturated rings. The molecular weight excluding hydrogens is 440 g/mol. The van der Waals surface area contributed by atoms with Crippen molar-refractivity contribution in [2.75, 3.05) is 39.3 Å². The zero-order chi connectivity index (χ0) is 24.1. The summed E-state index contributed by atoms with van der Waals surface area (Å²) >= 11 is 0. The minimum atomic E-state index is -0.355. The van der Waals surface area contributed by atoms with E-state index in [0.29, 0.717) is 30.5 Å². The number of carbonyl (C=O) groups excluding carboxylic acids is 3. The van der Waals surface area contributed by atoms with Crippen LogP contribution in [0, 0.1) is 17.6 Å². The van der Waals surface area contributed by atoms with Crippen molar-refractivity contribution in [2.24, 2.45) is 5.92 Å². The number of imide groups is 1. The second kappa shape index (κ2) is 11.0. The number of hydrogen-bond donors (Lipinski definition) is 0. The van der Waals surface area contributed by atoms with Gasteiger partial charge in [-0.25, -0.2) is 8.78 Å². The predicted molar refractivity (Wildman–Crippen MR) is 123 cm³/mol. The van der Waals surface area contributed by atoms with Gasteiger partial charge in [0.05, 0.1) is 13.1 Å². The van der Waals surface area contributed by atoms with Crippen molar-refractivity contribution in [3.05, 3.63) is 71.3 Å². The summed E-state index contributed by atoms with van der Waals surface area (Å²) in [6.07, 6.45) is 2.02. The van der Waals surface area contributed by atoms with Crippen molar-refractivity contribution >= 4 is 17.6 Å². The lowest BCUT2D eigenvalue weighted by atomic mass is 9.97. The highest BCUT2D eigenvalue weighted by Crippen LogP contribution is 2.22. The van der Waals surface area contributed by atoms with Crippen LogP contribution in [0.1, 0.15) is 35.2 Å². The van der Waals surface area contributed by atoms with Crippen molar-refractivity contribution in [1.82, 2.24) is 14.7 Å². The molecular formula is C26H29F2N3O3. The quantitative estimate of drug-likeness (QED) is 0.417. The van der Waals surface area contributed by atoms with E-state index in [1.54, 1.807) is 23.1 Å². The first kappa shape index (κ1) is 24.2. The van der Waals surface area contributed by atoms with Crippen LogP contribution in [0.25, 0.3) is 0 Å². The number of nitrogens with zero attached hydrogens (tertiary/aromatic N) is 3. The van der Waals surface area contributed by atoms with Gasteiger partial charge in [0.15, 0.2) is 5.78 Å². The first-order chi connectivity index (χ1) is 16.4. The molecule has 2 amide bonds. The summed E-state index contributed by atoms with van der Waals surface area (Å²) in [5.74, 6) is -0.923. The number of likely N-dealkylation sites (tertiary alicyclic amines) is 1.